The highest BCUT2D eigenvalue weighted by atomic mass is 32.1. The molecule has 0 unspecified atom stereocenters. The van der Waals surface area contributed by atoms with Crippen molar-refractivity contribution < 1.29 is 23.5 Å². The van der Waals surface area contributed by atoms with Gasteiger partial charge in [0.25, 0.3) is 5.91 Å². The summed E-state index contributed by atoms with van der Waals surface area (Å²) >= 11 is 1.71. The number of anilines is 1. The molecular weight excluding hydrogens is 464 g/mol. The summed E-state index contributed by atoms with van der Waals surface area (Å²) < 4.78 is 16.0. The van der Waals surface area contributed by atoms with E-state index in [1.165, 1.54) is 29.9 Å². The Bertz CT molecular complexity index is 1260. The second-order valence-corrected chi connectivity index (χ2v) is 10.9. The number of methoxy groups -OCH3 is 1. The third kappa shape index (κ3) is 4.31. The van der Waals surface area contributed by atoms with Crippen molar-refractivity contribution in [2.45, 2.75) is 52.6 Å². The summed E-state index contributed by atoms with van der Waals surface area (Å²) in [6.07, 6.45) is 5.23. The number of rotatable bonds is 6. The molecule has 2 aromatic heterocycles. The molecule has 0 spiro atoms. The van der Waals surface area contributed by atoms with Crippen LogP contribution in [-0.2, 0) is 12.8 Å². The van der Waals surface area contributed by atoms with Crippen LogP contribution in [0.5, 0.6) is 11.5 Å². The summed E-state index contributed by atoms with van der Waals surface area (Å²) in [6.45, 7) is 6.95. The van der Waals surface area contributed by atoms with E-state index in [-0.39, 0.29) is 17.4 Å². The Kier molecular flexibility index (Phi) is 6.09. The van der Waals surface area contributed by atoms with Gasteiger partial charge in [-0.3, -0.25) is 4.79 Å². The largest absolute Gasteiger partial charge is 0.493 e. The summed E-state index contributed by atoms with van der Waals surface area (Å²) in [5, 5.41) is 7.52. The molecule has 1 amide bonds. The third-order valence-electron chi connectivity index (χ3n) is 7.51. The van der Waals surface area contributed by atoms with Gasteiger partial charge in [-0.15, -0.1) is 11.3 Å². The molecule has 2 atom stereocenters. The van der Waals surface area contributed by atoms with Crippen LogP contribution in [0, 0.1) is 11.3 Å². The van der Waals surface area contributed by atoms with Gasteiger partial charge in [-0.2, -0.15) is 0 Å². The van der Waals surface area contributed by atoms with Crippen molar-refractivity contribution in [3.05, 3.63) is 63.9 Å². The lowest BCUT2D eigenvalue weighted by Crippen LogP contribution is -2.38. The zero-order valence-corrected chi connectivity index (χ0v) is 21.2. The van der Waals surface area contributed by atoms with Gasteiger partial charge >= 0.3 is 5.97 Å². The van der Waals surface area contributed by atoms with Gasteiger partial charge in [0.2, 0.25) is 5.76 Å². The van der Waals surface area contributed by atoms with E-state index in [1.807, 2.05) is 6.07 Å². The van der Waals surface area contributed by atoms with Gasteiger partial charge in [-0.25, -0.2) is 4.79 Å². The Hall–Kier alpha value is -3.26. The topological polar surface area (TPSA) is 89.8 Å². The maximum atomic E-state index is 13.2. The van der Waals surface area contributed by atoms with Crippen LogP contribution in [0.15, 0.2) is 41.0 Å². The summed E-state index contributed by atoms with van der Waals surface area (Å²) in [6, 6.07) is 8.39. The first-order valence-corrected chi connectivity index (χ1v) is 12.8. The quantitative estimate of drug-likeness (QED) is 0.324. The monoisotopic (exact) mass is 494 g/mol. The summed E-state index contributed by atoms with van der Waals surface area (Å²) in [5.41, 5.74) is 3.09. The first-order valence-electron chi connectivity index (χ1n) is 12.0. The summed E-state index contributed by atoms with van der Waals surface area (Å²) in [7, 11) is 1.51. The zero-order chi connectivity index (χ0) is 24.7. The van der Waals surface area contributed by atoms with E-state index < -0.39 is 12.1 Å². The van der Waals surface area contributed by atoms with E-state index in [2.05, 4.69) is 31.4 Å². The van der Waals surface area contributed by atoms with Crippen LogP contribution in [0.2, 0.25) is 0 Å². The number of carbonyl (C=O) groups is 2. The number of benzene rings is 1. The predicted molar refractivity (Wildman–Crippen MR) is 134 cm³/mol. The molecular formula is C27H30N2O5S. The van der Waals surface area contributed by atoms with Crippen LogP contribution >= 0.6 is 11.3 Å². The molecule has 2 N–H and O–H groups in total. The van der Waals surface area contributed by atoms with Crippen LogP contribution in [0.4, 0.5) is 5.00 Å². The van der Waals surface area contributed by atoms with Crippen molar-refractivity contribution in [3.63, 3.8) is 0 Å². The molecule has 0 radical (unpaired) electrons. The van der Waals surface area contributed by atoms with E-state index in [4.69, 9.17) is 13.9 Å². The fourth-order valence-electron chi connectivity index (χ4n) is 4.91. The van der Waals surface area contributed by atoms with Crippen molar-refractivity contribution >= 4 is 28.2 Å². The lowest BCUT2D eigenvalue weighted by molar-refractivity contribution is 0.0696. The Balaban J connectivity index is 1.37. The number of nitrogens with one attached hydrogen (secondary N) is 2. The smallest absolute Gasteiger partial charge is 0.379 e. The van der Waals surface area contributed by atoms with Crippen LogP contribution < -0.4 is 20.1 Å². The second-order valence-electron chi connectivity index (χ2n) is 9.82. The third-order valence-corrected chi connectivity index (χ3v) is 8.69. The van der Waals surface area contributed by atoms with E-state index in [1.54, 1.807) is 29.5 Å². The number of amides is 1. The number of thiophene rings is 1. The van der Waals surface area contributed by atoms with Gasteiger partial charge in [-0.05, 0) is 66.0 Å². The second kappa shape index (κ2) is 9.07. The maximum Gasteiger partial charge on any atom is 0.379 e. The molecule has 35 heavy (non-hydrogen) atoms. The van der Waals surface area contributed by atoms with Crippen LogP contribution in [-0.4, -0.2) is 19.0 Å². The molecule has 5 rings (SSSR count). The Morgan fingerprint density at radius 2 is 2.06 bits per heavy atom. The molecule has 8 heteroatoms. The number of hydrogen-bond donors (Lipinski definition) is 2. The first-order chi connectivity index (χ1) is 16.8. The SMILES string of the molecule is CCC(C)(C)[C@@H]1CCc2c(sc3c2C(=O)N[C@@H](c2ccc(OC(=O)c4ccco4)c(OC)c2)N3)C1. The average Bonchev–Trinajstić information content (AvgIpc) is 3.52. The van der Waals surface area contributed by atoms with Gasteiger partial charge in [0.05, 0.1) is 18.9 Å². The van der Waals surface area contributed by atoms with Crippen molar-refractivity contribution in [1.82, 2.24) is 5.32 Å². The lowest BCUT2D eigenvalue weighted by Gasteiger charge is -2.36. The van der Waals surface area contributed by atoms with Gasteiger partial charge in [0, 0.05) is 4.88 Å². The van der Waals surface area contributed by atoms with Gasteiger partial charge in [-0.1, -0.05) is 33.3 Å². The summed E-state index contributed by atoms with van der Waals surface area (Å²) in [4.78, 5) is 26.8. The van der Waals surface area contributed by atoms with E-state index in [0.29, 0.717) is 17.1 Å². The van der Waals surface area contributed by atoms with Crippen molar-refractivity contribution in [2.24, 2.45) is 11.3 Å². The fraction of sp³-hybridized carbons (Fsp3) is 0.407. The molecule has 1 aromatic carbocycles. The average molecular weight is 495 g/mol. The Morgan fingerprint density at radius 3 is 2.77 bits per heavy atom. The normalized spacial score (nSPS) is 19.3. The molecule has 0 bridgehead atoms. The van der Waals surface area contributed by atoms with Crippen molar-refractivity contribution in [3.8, 4) is 11.5 Å². The number of furan rings is 1. The van der Waals surface area contributed by atoms with Crippen LogP contribution in [0.1, 0.15) is 76.7 Å². The maximum absolute atomic E-state index is 13.2. The van der Waals surface area contributed by atoms with E-state index >= 15 is 0 Å². The van der Waals surface area contributed by atoms with Crippen molar-refractivity contribution in [1.29, 1.82) is 0 Å². The standard InChI is InChI=1S/C27H30N2O5S/c1-5-27(2,3)16-9-10-17-21(14-16)35-25-22(17)24(30)28-23(29-25)15-8-11-18(20(13-15)32-4)34-26(31)19-7-6-12-33-19/h6-8,11-13,16,23,29H,5,9-10,14H2,1-4H3,(H,28,30)/t16-,23-/m1/s1. The number of esters is 1. The van der Waals surface area contributed by atoms with Gasteiger partial charge < -0.3 is 24.5 Å². The molecule has 7 nitrogen and oxygen atoms in total. The van der Waals surface area contributed by atoms with Crippen molar-refractivity contribution in [2.75, 3.05) is 12.4 Å². The molecule has 1 aliphatic heterocycles. The van der Waals surface area contributed by atoms with Crippen LogP contribution in [0.25, 0.3) is 0 Å². The van der Waals surface area contributed by atoms with E-state index in [9.17, 15) is 9.59 Å². The Labute approximate surface area is 208 Å². The highest BCUT2D eigenvalue weighted by molar-refractivity contribution is 7.16. The molecule has 1 aliphatic carbocycles. The van der Waals surface area contributed by atoms with Gasteiger partial charge in [0.15, 0.2) is 11.5 Å². The highest BCUT2D eigenvalue weighted by Crippen LogP contribution is 2.47. The number of hydrogen-bond acceptors (Lipinski definition) is 7. The summed E-state index contributed by atoms with van der Waals surface area (Å²) in [5.74, 6) is 0.733. The molecule has 0 saturated heterocycles. The first kappa shape index (κ1) is 23.5. The Morgan fingerprint density at radius 1 is 1.23 bits per heavy atom. The minimum absolute atomic E-state index is 0.0539. The molecule has 0 saturated carbocycles. The molecule has 3 heterocycles. The molecule has 2 aliphatic rings. The number of carbonyl (C=O) groups excluding carboxylic acids is 2. The molecule has 3 aromatic rings. The molecule has 0 fully saturated rings. The predicted octanol–water partition coefficient (Wildman–Crippen LogP) is 5.96. The zero-order valence-electron chi connectivity index (χ0n) is 20.4. The molecule has 184 valence electrons. The fourth-order valence-corrected chi connectivity index (χ4v) is 6.27. The minimum atomic E-state index is -0.608. The van der Waals surface area contributed by atoms with E-state index in [0.717, 1.165) is 41.8 Å². The van der Waals surface area contributed by atoms with Crippen LogP contribution in [0.3, 0.4) is 0 Å². The van der Waals surface area contributed by atoms with Gasteiger partial charge in [0.1, 0.15) is 11.2 Å². The number of fused-ring (bicyclic) bond motifs is 3. The minimum Gasteiger partial charge on any atom is -0.493 e. The lowest BCUT2D eigenvalue weighted by atomic mass is 9.69. The number of ether oxygens (including phenoxy) is 2. The highest BCUT2D eigenvalue weighted by Gasteiger charge is 2.37.